The van der Waals surface area contributed by atoms with E-state index >= 15 is 0 Å². The molecule has 2 aliphatic rings. The molecule has 1 aromatic heterocycles. The molecule has 0 amide bonds. The van der Waals surface area contributed by atoms with E-state index in [-0.39, 0.29) is 31.4 Å². The summed E-state index contributed by atoms with van der Waals surface area (Å²) in [5, 5.41) is 57.9. The Morgan fingerprint density at radius 2 is 1.71 bits per heavy atom. The lowest BCUT2D eigenvalue weighted by Gasteiger charge is -2.48. The zero-order valence-corrected chi connectivity index (χ0v) is 30.7. The molecule has 280 valence electrons. The number of nitrogens with zero attached hydrogens (tertiary/aromatic N) is 2. The molecule has 3 heterocycles. The van der Waals surface area contributed by atoms with E-state index in [2.05, 4.69) is 4.98 Å². The van der Waals surface area contributed by atoms with Crippen LogP contribution in [-0.2, 0) is 35.0 Å². The van der Waals surface area contributed by atoms with Gasteiger partial charge in [0.2, 0.25) is 0 Å². The van der Waals surface area contributed by atoms with Crippen molar-refractivity contribution in [3.05, 3.63) is 30.1 Å². The van der Waals surface area contributed by atoms with Gasteiger partial charge < -0.3 is 49.4 Å². The monoisotopic (exact) mass is 696 g/mol. The lowest BCUT2D eigenvalue weighted by atomic mass is 9.73. The van der Waals surface area contributed by atoms with E-state index < -0.39 is 89.7 Å². The molecular weight excluding hydrogens is 636 g/mol. The van der Waals surface area contributed by atoms with Crippen LogP contribution in [0.5, 0.6) is 0 Å². The van der Waals surface area contributed by atoms with Gasteiger partial charge in [-0.15, -0.1) is 0 Å². The van der Waals surface area contributed by atoms with Gasteiger partial charge in [0.1, 0.15) is 23.9 Å². The van der Waals surface area contributed by atoms with Crippen LogP contribution >= 0.6 is 0 Å². The maximum absolute atomic E-state index is 13.9. The van der Waals surface area contributed by atoms with Crippen molar-refractivity contribution < 1.29 is 54.1 Å². The minimum atomic E-state index is -1.95. The van der Waals surface area contributed by atoms with Gasteiger partial charge in [-0.05, 0) is 78.6 Å². The minimum Gasteiger partial charge on any atom is -0.461 e. The minimum absolute atomic E-state index is 0.0652. The summed E-state index contributed by atoms with van der Waals surface area (Å²) in [6.45, 7) is 12.9. The van der Waals surface area contributed by atoms with Crippen LogP contribution < -0.4 is 0 Å². The van der Waals surface area contributed by atoms with E-state index in [0.29, 0.717) is 12.0 Å². The first kappa shape index (κ1) is 41.2. The number of aliphatic hydroxyl groups excluding tert-OH is 3. The molecular formula is C36H60N2O11. The third-order valence-corrected chi connectivity index (χ3v) is 10.6. The van der Waals surface area contributed by atoms with E-state index in [1.165, 1.54) is 27.0 Å². The topological polar surface area (TPSA) is 188 Å². The Balaban J connectivity index is 2.14. The Bertz CT molecular complexity index is 1210. The van der Waals surface area contributed by atoms with Gasteiger partial charge in [0.05, 0.1) is 42.4 Å². The fourth-order valence-corrected chi connectivity index (χ4v) is 7.65. The SMILES string of the molecule is CC[C@H]1OC(=O)[C@H](C)[C@@H](OC(=O)Cc2cccnc2)[C@H](C)[C@@H](O[C@@H]2O[C@H](C)C[C@H](N(C)C)[C@H]2O)[C@@](C)(O)C[C@@H](C)C(O)[C@H](C)[C@@H](O)[C@]1(C)O. The number of hydrogen-bond donors (Lipinski definition) is 5. The summed E-state index contributed by atoms with van der Waals surface area (Å²) in [6, 6.07) is 3.08. The Morgan fingerprint density at radius 3 is 2.29 bits per heavy atom. The highest BCUT2D eigenvalue weighted by atomic mass is 16.7. The van der Waals surface area contributed by atoms with Crippen LogP contribution in [0.1, 0.15) is 80.2 Å². The molecule has 49 heavy (non-hydrogen) atoms. The Hall–Kier alpha value is -2.23. The molecule has 5 N–H and O–H groups in total. The number of carbonyl (C=O) groups is 2. The molecule has 2 fully saturated rings. The van der Waals surface area contributed by atoms with Gasteiger partial charge in [-0.3, -0.25) is 14.6 Å². The Labute approximate surface area is 290 Å². The maximum atomic E-state index is 13.9. The lowest BCUT2D eigenvalue weighted by Crippen LogP contribution is -2.60. The molecule has 0 aliphatic carbocycles. The largest absolute Gasteiger partial charge is 0.461 e. The van der Waals surface area contributed by atoms with Crippen LogP contribution in [0, 0.1) is 23.7 Å². The number of aliphatic hydroxyl groups is 5. The highest BCUT2D eigenvalue weighted by Gasteiger charge is 2.52. The molecule has 1 aromatic rings. The summed E-state index contributed by atoms with van der Waals surface area (Å²) in [4.78, 5) is 33.2. The fourth-order valence-electron chi connectivity index (χ4n) is 7.65. The average molecular weight is 697 g/mol. The van der Waals surface area contributed by atoms with Gasteiger partial charge in [0, 0.05) is 30.3 Å². The lowest BCUT2D eigenvalue weighted by molar-refractivity contribution is -0.300. The van der Waals surface area contributed by atoms with Gasteiger partial charge in [-0.25, -0.2) is 0 Å². The van der Waals surface area contributed by atoms with Crippen molar-refractivity contribution in [3.8, 4) is 0 Å². The van der Waals surface area contributed by atoms with Gasteiger partial charge in [-0.2, -0.15) is 0 Å². The van der Waals surface area contributed by atoms with Crippen molar-refractivity contribution in [3.63, 3.8) is 0 Å². The second-order valence-electron chi connectivity index (χ2n) is 15.2. The van der Waals surface area contributed by atoms with Crippen LogP contribution in [0.4, 0.5) is 0 Å². The molecule has 0 saturated carbocycles. The normalized spacial score (nSPS) is 43.0. The number of likely N-dealkylation sites (N-methyl/N-ethyl adjacent to an activating group) is 1. The molecule has 2 saturated heterocycles. The Kier molecular flexibility index (Phi) is 14.2. The highest BCUT2D eigenvalue weighted by Crippen LogP contribution is 2.39. The molecule has 13 nitrogen and oxygen atoms in total. The number of esters is 2. The Morgan fingerprint density at radius 1 is 1.06 bits per heavy atom. The van der Waals surface area contributed by atoms with Gasteiger partial charge in [0.25, 0.3) is 0 Å². The number of aromatic nitrogens is 1. The zero-order valence-electron chi connectivity index (χ0n) is 30.7. The molecule has 0 aromatic carbocycles. The molecule has 13 heteroatoms. The van der Waals surface area contributed by atoms with E-state index in [0.717, 1.165) is 0 Å². The second kappa shape index (κ2) is 16.9. The third-order valence-electron chi connectivity index (χ3n) is 10.6. The van der Waals surface area contributed by atoms with Gasteiger partial charge in [0.15, 0.2) is 6.29 Å². The van der Waals surface area contributed by atoms with Crippen molar-refractivity contribution >= 4 is 11.9 Å². The zero-order chi connectivity index (χ0) is 37.0. The third kappa shape index (κ3) is 9.76. The standard InChI is InChI=1S/C36H60N2O11/c1-11-26-36(8,45)31(42)21(4)28(40)19(2)17-35(7,44)32(49-34-29(41)25(38(9)10)15-20(3)46-34)22(5)30(23(6)33(43)47-26)48-27(39)16-24-13-12-14-37-18-24/h12-14,18-23,25-26,28-32,34,40-42,44-45H,11,15-17H2,1-10H3/t19-,20-,21+,22+,23-,25+,26-,28?,29-,30+,31-,32-,34+,35+,36-/m1/s1. The summed E-state index contributed by atoms with van der Waals surface area (Å²) in [6.07, 6.45) is -5.36. The molecule has 0 spiro atoms. The molecule has 0 radical (unpaired) electrons. The van der Waals surface area contributed by atoms with Crippen LogP contribution in [-0.4, -0.2) is 128 Å². The summed E-state index contributed by atoms with van der Waals surface area (Å²) in [5.74, 6) is -5.04. The first-order chi connectivity index (χ1) is 22.7. The number of ether oxygens (including phenoxy) is 4. The quantitative estimate of drug-likeness (QED) is 0.260. The molecule has 15 atom stereocenters. The predicted molar refractivity (Wildman–Crippen MR) is 180 cm³/mol. The summed E-state index contributed by atoms with van der Waals surface area (Å²) < 4.78 is 24.5. The fraction of sp³-hybridized carbons (Fsp3) is 0.806. The molecule has 3 rings (SSSR count). The number of cyclic esters (lactones) is 1. The molecule has 2 aliphatic heterocycles. The first-order valence-electron chi connectivity index (χ1n) is 17.5. The highest BCUT2D eigenvalue weighted by molar-refractivity contribution is 5.76. The van der Waals surface area contributed by atoms with E-state index in [1.807, 2.05) is 25.9 Å². The second-order valence-corrected chi connectivity index (χ2v) is 15.2. The van der Waals surface area contributed by atoms with Crippen molar-refractivity contribution in [1.82, 2.24) is 9.88 Å². The smallest absolute Gasteiger partial charge is 0.312 e. The summed E-state index contributed by atoms with van der Waals surface area (Å²) >= 11 is 0. The van der Waals surface area contributed by atoms with Crippen molar-refractivity contribution in [2.75, 3.05) is 14.1 Å². The molecule has 0 bridgehead atoms. The van der Waals surface area contributed by atoms with Gasteiger partial charge in [-0.1, -0.05) is 33.8 Å². The maximum Gasteiger partial charge on any atom is 0.312 e. The van der Waals surface area contributed by atoms with E-state index in [4.69, 9.17) is 18.9 Å². The predicted octanol–water partition coefficient (Wildman–Crippen LogP) is 1.84. The van der Waals surface area contributed by atoms with E-state index in [1.54, 1.807) is 46.0 Å². The van der Waals surface area contributed by atoms with Gasteiger partial charge >= 0.3 is 11.9 Å². The summed E-state index contributed by atoms with van der Waals surface area (Å²) in [5.41, 5.74) is -3.13. The van der Waals surface area contributed by atoms with Crippen LogP contribution in [0.2, 0.25) is 0 Å². The summed E-state index contributed by atoms with van der Waals surface area (Å²) in [7, 11) is 3.68. The first-order valence-corrected chi connectivity index (χ1v) is 17.5. The van der Waals surface area contributed by atoms with Crippen molar-refractivity contribution in [1.29, 1.82) is 0 Å². The van der Waals surface area contributed by atoms with E-state index in [9.17, 15) is 35.1 Å². The average Bonchev–Trinajstić information content (AvgIpc) is 3.03. The van der Waals surface area contributed by atoms with Crippen LogP contribution in [0.25, 0.3) is 0 Å². The number of carbonyl (C=O) groups excluding carboxylic acids is 2. The number of pyridine rings is 1. The van der Waals surface area contributed by atoms with Crippen LogP contribution in [0.15, 0.2) is 24.5 Å². The van der Waals surface area contributed by atoms with Crippen LogP contribution in [0.3, 0.4) is 0 Å². The number of rotatable bonds is 7. The van der Waals surface area contributed by atoms with Crippen molar-refractivity contribution in [2.24, 2.45) is 23.7 Å². The number of hydrogen-bond acceptors (Lipinski definition) is 13. The van der Waals surface area contributed by atoms with Crippen molar-refractivity contribution in [2.45, 2.75) is 147 Å². The molecule has 1 unspecified atom stereocenters.